The molecular formula is C19H26Cl2N2O. The second kappa shape index (κ2) is 8.07. The Morgan fingerprint density at radius 3 is 2.46 bits per heavy atom. The van der Waals surface area contributed by atoms with Gasteiger partial charge in [0.05, 0.1) is 16.5 Å². The molecular weight excluding hydrogens is 343 g/mol. The Morgan fingerprint density at radius 2 is 1.75 bits per heavy atom. The molecule has 132 valence electrons. The van der Waals surface area contributed by atoms with Gasteiger partial charge in [-0.05, 0) is 63.4 Å². The SMILES string of the molecule is CN1CCCCC1C1CCCCN1C(=O)Cc1ccc(Cl)c(Cl)c1. The lowest BCUT2D eigenvalue weighted by Crippen LogP contribution is -2.56. The van der Waals surface area contributed by atoms with E-state index in [1.54, 1.807) is 6.07 Å². The maximum atomic E-state index is 13.0. The predicted molar refractivity (Wildman–Crippen MR) is 99.8 cm³/mol. The summed E-state index contributed by atoms with van der Waals surface area (Å²) in [6.45, 7) is 2.03. The molecule has 3 rings (SSSR count). The van der Waals surface area contributed by atoms with E-state index in [4.69, 9.17) is 23.2 Å². The van der Waals surface area contributed by atoms with Crippen molar-refractivity contribution >= 4 is 29.1 Å². The highest BCUT2D eigenvalue weighted by Crippen LogP contribution is 2.29. The van der Waals surface area contributed by atoms with Gasteiger partial charge in [-0.1, -0.05) is 35.7 Å². The molecule has 2 aliphatic rings. The van der Waals surface area contributed by atoms with Crippen molar-refractivity contribution in [2.75, 3.05) is 20.1 Å². The molecule has 2 aliphatic heterocycles. The third-order valence-corrected chi connectivity index (χ3v) is 6.22. The molecule has 2 heterocycles. The minimum absolute atomic E-state index is 0.220. The average molecular weight is 369 g/mol. The van der Waals surface area contributed by atoms with Crippen molar-refractivity contribution in [1.82, 2.24) is 9.80 Å². The number of likely N-dealkylation sites (N-methyl/N-ethyl adjacent to an activating group) is 1. The molecule has 1 amide bonds. The Balaban J connectivity index is 1.72. The van der Waals surface area contributed by atoms with Crippen LogP contribution in [0.5, 0.6) is 0 Å². The summed E-state index contributed by atoms with van der Waals surface area (Å²) in [4.78, 5) is 17.5. The van der Waals surface area contributed by atoms with Crippen LogP contribution >= 0.6 is 23.2 Å². The van der Waals surface area contributed by atoms with Gasteiger partial charge in [0.2, 0.25) is 5.91 Å². The second-order valence-electron chi connectivity index (χ2n) is 7.12. The van der Waals surface area contributed by atoms with Crippen molar-refractivity contribution in [3.8, 4) is 0 Å². The minimum Gasteiger partial charge on any atom is -0.338 e. The van der Waals surface area contributed by atoms with Gasteiger partial charge in [-0.3, -0.25) is 4.79 Å². The van der Waals surface area contributed by atoms with Crippen molar-refractivity contribution in [2.45, 2.75) is 57.0 Å². The van der Waals surface area contributed by atoms with Crippen molar-refractivity contribution in [3.05, 3.63) is 33.8 Å². The zero-order valence-electron chi connectivity index (χ0n) is 14.3. The van der Waals surface area contributed by atoms with Crippen LogP contribution in [0.25, 0.3) is 0 Å². The fourth-order valence-corrected chi connectivity index (χ4v) is 4.50. The number of hydrogen-bond donors (Lipinski definition) is 0. The van der Waals surface area contributed by atoms with E-state index in [1.807, 2.05) is 12.1 Å². The molecule has 5 heteroatoms. The third kappa shape index (κ3) is 4.07. The summed E-state index contributed by atoms with van der Waals surface area (Å²) in [7, 11) is 2.21. The van der Waals surface area contributed by atoms with Crippen molar-refractivity contribution in [2.24, 2.45) is 0 Å². The second-order valence-corrected chi connectivity index (χ2v) is 7.93. The van der Waals surface area contributed by atoms with E-state index in [2.05, 4.69) is 16.8 Å². The van der Waals surface area contributed by atoms with Crippen molar-refractivity contribution < 1.29 is 4.79 Å². The smallest absolute Gasteiger partial charge is 0.227 e. The van der Waals surface area contributed by atoms with Gasteiger partial charge >= 0.3 is 0 Å². The van der Waals surface area contributed by atoms with Crippen LogP contribution in [-0.2, 0) is 11.2 Å². The maximum absolute atomic E-state index is 13.0. The minimum atomic E-state index is 0.220. The molecule has 0 spiro atoms. The van der Waals surface area contributed by atoms with Crippen molar-refractivity contribution in [3.63, 3.8) is 0 Å². The van der Waals surface area contributed by atoms with Crippen LogP contribution in [0.15, 0.2) is 18.2 Å². The highest BCUT2D eigenvalue weighted by molar-refractivity contribution is 6.42. The number of amides is 1. The summed E-state index contributed by atoms with van der Waals surface area (Å²) in [6.07, 6.45) is 7.63. The first-order chi connectivity index (χ1) is 11.6. The van der Waals surface area contributed by atoms with Gasteiger partial charge in [0, 0.05) is 18.6 Å². The molecule has 0 aliphatic carbocycles. The third-order valence-electron chi connectivity index (χ3n) is 5.48. The van der Waals surface area contributed by atoms with Gasteiger partial charge in [-0.25, -0.2) is 0 Å². The fraction of sp³-hybridized carbons (Fsp3) is 0.632. The molecule has 0 radical (unpaired) electrons. The van der Waals surface area contributed by atoms with Crippen LogP contribution in [0, 0.1) is 0 Å². The molecule has 0 aromatic heterocycles. The van der Waals surface area contributed by atoms with Gasteiger partial charge in [0.15, 0.2) is 0 Å². The molecule has 2 fully saturated rings. The number of likely N-dealkylation sites (tertiary alicyclic amines) is 2. The van der Waals surface area contributed by atoms with E-state index < -0.39 is 0 Å². The van der Waals surface area contributed by atoms with Crippen LogP contribution in [0.1, 0.15) is 44.1 Å². The summed E-state index contributed by atoms with van der Waals surface area (Å²) in [5.74, 6) is 0.220. The molecule has 2 atom stereocenters. The highest BCUT2D eigenvalue weighted by Gasteiger charge is 2.35. The Labute approximate surface area is 154 Å². The normalized spacial score (nSPS) is 25.7. The van der Waals surface area contributed by atoms with Crippen molar-refractivity contribution in [1.29, 1.82) is 0 Å². The van der Waals surface area contributed by atoms with Gasteiger partial charge in [-0.2, -0.15) is 0 Å². The predicted octanol–water partition coefficient (Wildman–Crippen LogP) is 4.40. The zero-order valence-corrected chi connectivity index (χ0v) is 15.8. The largest absolute Gasteiger partial charge is 0.338 e. The van der Waals surface area contributed by atoms with Gasteiger partial charge in [-0.15, -0.1) is 0 Å². The number of piperidine rings is 2. The van der Waals surface area contributed by atoms with Crippen LogP contribution in [0.3, 0.4) is 0 Å². The number of halogens is 2. The number of nitrogens with zero attached hydrogens (tertiary/aromatic N) is 2. The number of carbonyl (C=O) groups is 1. The number of benzene rings is 1. The Bertz CT molecular complexity index is 593. The monoisotopic (exact) mass is 368 g/mol. The molecule has 0 saturated carbocycles. The maximum Gasteiger partial charge on any atom is 0.227 e. The van der Waals surface area contributed by atoms with E-state index >= 15 is 0 Å². The molecule has 2 unspecified atom stereocenters. The summed E-state index contributed by atoms with van der Waals surface area (Å²) < 4.78 is 0. The quantitative estimate of drug-likeness (QED) is 0.788. The molecule has 3 nitrogen and oxygen atoms in total. The van der Waals surface area contributed by atoms with E-state index in [0.29, 0.717) is 28.5 Å². The Hall–Kier alpha value is -0.770. The Kier molecular flexibility index (Phi) is 6.07. The lowest BCUT2D eigenvalue weighted by molar-refractivity contribution is -0.136. The average Bonchev–Trinajstić information content (AvgIpc) is 2.59. The summed E-state index contributed by atoms with van der Waals surface area (Å²) >= 11 is 12.1. The highest BCUT2D eigenvalue weighted by atomic mass is 35.5. The first kappa shape index (κ1) is 18.0. The lowest BCUT2D eigenvalue weighted by atomic mass is 9.88. The summed E-state index contributed by atoms with van der Waals surface area (Å²) in [5, 5.41) is 1.05. The van der Waals surface area contributed by atoms with Gasteiger partial charge in [0.1, 0.15) is 0 Å². The lowest BCUT2D eigenvalue weighted by Gasteiger charge is -2.45. The molecule has 0 N–H and O–H groups in total. The van der Waals surface area contributed by atoms with Crippen LogP contribution in [0.4, 0.5) is 0 Å². The summed E-state index contributed by atoms with van der Waals surface area (Å²) in [6, 6.07) is 6.36. The van der Waals surface area contributed by atoms with Gasteiger partial charge < -0.3 is 9.80 Å². The first-order valence-corrected chi connectivity index (χ1v) is 9.75. The fourth-order valence-electron chi connectivity index (χ4n) is 4.18. The number of hydrogen-bond acceptors (Lipinski definition) is 2. The van der Waals surface area contributed by atoms with Crippen LogP contribution in [0.2, 0.25) is 10.0 Å². The number of rotatable bonds is 3. The Morgan fingerprint density at radius 1 is 1.04 bits per heavy atom. The van der Waals surface area contributed by atoms with E-state index in [9.17, 15) is 4.79 Å². The molecule has 24 heavy (non-hydrogen) atoms. The summed E-state index contributed by atoms with van der Waals surface area (Å²) in [5.41, 5.74) is 0.940. The topological polar surface area (TPSA) is 23.6 Å². The molecule has 1 aromatic carbocycles. The van der Waals surface area contributed by atoms with Crippen LogP contribution in [-0.4, -0.2) is 47.9 Å². The van der Waals surface area contributed by atoms with E-state index in [-0.39, 0.29) is 5.91 Å². The standard InChI is InChI=1S/C19H26Cl2N2O/c1-22-10-4-2-6-17(22)18-7-3-5-11-23(18)19(24)13-14-8-9-15(20)16(21)12-14/h8-9,12,17-18H,2-7,10-11,13H2,1H3. The van der Waals surface area contributed by atoms with Gasteiger partial charge in [0.25, 0.3) is 0 Å². The zero-order chi connectivity index (χ0) is 17.1. The van der Waals surface area contributed by atoms with Crippen LogP contribution < -0.4 is 0 Å². The van der Waals surface area contributed by atoms with E-state index in [1.165, 1.54) is 25.7 Å². The molecule has 0 bridgehead atoms. The first-order valence-electron chi connectivity index (χ1n) is 9.00. The number of carbonyl (C=O) groups excluding carboxylic acids is 1. The molecule has 2 saturated heterocycles. The van der Waals surface area contributed by atoms with E-state index in [0.717, 1.165) is 31.5 Å². The molecule has 1 aromatic rings.